The molecule has 1 atom stereocenters. The summed E-state index contributed by atoms with van der Waals surface area (Å²) in [6.45, 7) is 6.43. The molecule has 0 radical (unpaired) electrons. The lowest BCUT2D eigenvalue weighted by atomic mass is 10.1. The Bertz CT molecular complexity index is 395. The molecule has 1 aliphatic heterocycles. The highest BCUT2D eigenvalue weighted by molar-refractivity contribution is 5.81. The largest absolute Gasteiger partial charge is 0.341 e. The summed E-state index contributed by atoms with van der Waals surface area (Å²) in [6, 6.07) is -0.127. The predicted octanol–water partition coefficient (Wildman–Crippen LogP) is 1.21. The van der Waals surface area contributed by atoms with Gasteiger partial charge in [-0.05, 0) is 33.1 Å². The third-order valence-electron chi connectivity index (χ3n) is 3.57. The maximum Gasteiger partial charge on any atom is 0.239 e. The minimum atomic E-state index is -0.127. The van der Waals surface area contributed by atoms with Gasteiger partial charge in [-0.15, -0.1) is 0 Å². The number of nitrogens with zero attached hydrogens (tertiary/aromatic N) is 2. The molecule has 0 saturated carbocycles. The summed E-state index contributed by atoms with van der Waals surface area (Å²) >= 11 is 0. The molecule has 2 rings (SSSR count). The number of piperidine rings is 1. The minimum Gasteiger partial charge on any atom is -0.341 e. The molecule has 0 aliphatic carbocycles. The number of hydrogen-bond donors (Lipinski definition) is 2. The summed E-state index contributed by atoms with van der Waals surface area (Å²) in [5, 5.41) is 10.1. The van der Waals surface area contributed by atoms with Crippen molar-refractivity contribution in [1.29, 1.82) is 0 Å². The van der Waals surface area contributed by atoms with Crippen molar-refractivity contribution in [3.05, 3.63) is 17.5 Å². The van der Waals surface area contributed by atoms with Gasteiger partial charge < -0.3 is 10.2 Å². The average molecular weight is 250 g/mol. The first kappa shape index (κ1) is 13.1. The van der Waals surface area contributed by atoms with Gasteiger partial charge in [-0.2, -0.15) is 5.10 Å². The molecule has 100 valence electrons. The Morgan fingerprint density at radius 3 is 2.83 bits per heavy atom. The van der Waals surface area contributed by atoms with E-state index in [4.69, 9.17) is 0 Å². The van der Waals surface area contributed by atoms with Crippen LogP contribution in [0.3, 0.4) is 0 Å². The smallest absolute Gasteiger partial charge is 0.239 e. The van der Waals surface area contributed by atoms with Crippen LogP contribution in [0.1, 0.15) is 37.4 Å². The van der Waals surface area contributed by atoms with Gasteiger partial charge in [-0.25, -0.2) is 0 Å². The van der Waals surface area contributed by atoms with Gasteiger partial charge in [-0.1, -0.05) is 0 Å². The highest BCUT2D eigenvalue weighted by Gasteiger charge is 2.21. The first-order chi connectivity index (χ1) is 8.68. The van der Waals surface area contributed by atoms with E-state index < -0.39 is 0 Å². The van der Waals surface area contributed by atoms with Gasteiger partial charge in [-0.3, -0.25) is 9.89 Å². The third-order valence-corrected chi connectivity index (χ3v) is 3.57. The normalized spacial score (nSPS) is 17.8. The predicted molar refractivity (Wildman–Crippen MR) is 70.1 cm³/mol. The molecule has 0 bridgehead atoms. The standard InChI is InChI=1S/C13H22N4O/c1-10-12(9-15-16-10)8-14-11(2)13(18)17-6-4-3-5-7-17/h9,11,14H,3-8H2,1-2H3,(H,15,16)/t11-/m1/s1. The first-order valence-electron chi connectivity index (χ1n) is 6.69. The molecule has 2 heterocycles. The molecule has 1 aliphatic rings. The lowest BCUT2D eigenvalue weighted by Gasteiger charge is -2.29. The van der Waals surface area contributed by atoms with Crippen LogP contribution in [-0.4, -0.2) is 40.1 Å². The number of aryl methyl sites for hydroxylation is 1. The Balaban J connectivity index is 1.82. The zero-order chi connectivity index (χ0) is 13.0. The molecule has 5 heteroatoms. The fraction of sp³-hybridized carbons (Fsp3) is 0.692. The monoisotopic (exact) mass is 250 g/mol. The average Bonchev–Trinajstić information content (AvgIpc) is 2.81. The number of rotatable bonds is 4. The molecule has 1 saturated heterocycles. The van der Waals surface area contributed by atoms with Gasteiger partial charge in [0.2, 0.25) is 5.91 Å². The van der Waals surface area contributed by atoms with Crippen molar-refractivity contribution in [3.8, 4) is 0 Å². The van der Waals surface area contributed by atoms with Gasteiger partial charge in [0.1, 0.15) is 0 Å². The highest BCUT2D eigenvalue weighted by Crippen LogP contribution is 2.10. The topological polar surface area (TPSA) is 61.0 Å². The summed E-state index contributed by atoms with van der Waals surface area (Å²) in [5.41, 5.74) is 2.17. The number of carbonyl (C=O) groups is 1. The molecular formula is C13H22N4O. The Morgan fingerprint density at radius 1 is 1.50 bits per heavy atom. The Hall–Kier alpha value is -1.36. The second-order valence-electron chi connectivity index (χ2n) is 5.01. The van der Waals surface area contributed by atoms with Gasteiger partial charge in [0.25, 0.3) is 0 Å². The fourth-order valence-corrected chi connectivity index (χ4v) is 2.29. The number of amides is 1. The lowest BCUT2D eigenvalue weighted by Crippen LogP contribution is -2.46. The van der Waals surface area contributed by atoms with Gasteiger partial charge in [0, 0.05) is 30.9 Å². The van der Waals surface area contributed by atoms with E-state index in [-0.39, 0.29) is 11.9 Å². The lowest BCUT2D eigenvalue weighted by molar-refractivity contribution is -0.133. The van der Waals surface area contributed by atoms with Crippen molar-refractivity contribution >= 4 is 5.91 Å². The number of aromatic amines is 1. The van der Waals surface area contributed by atoms with E-state index in [1.807, 2.05) is 18.7 Å². The van der Waals surface area contributed by atoms with E-state index in [1.165, 1.54) is 6.42 Å². The SMILES string of the molecule is Cc1[nH]ncc1CN[C@H](C)C(=O)N1CCCCC1. The second-order valence-corrected chi connectivity index (χ2v) is 5.01. The van der Waals surface area contributed by atoms with Crippen LogP contribution in [0.25, 0.3) is 0 Å². The van der Waals surface area contributed by atoms with Crippen LogP contribution in [0.5, 0.6) is 0 Å². The van der Waals surface area contributed by atoms with E-state index >= 15 is 0 Å². The molecule has 2 N–H and O–H groups in total. The summed E-state index contributed by atoms with van der Waals surface area (Å²) < 4.78 is 0. The van der Waals surface area contributed by atoms with E-state index in [2.05, 4.69) is 15.5 Å². The van der Waals surface area contributed by atoms with E-state index in [9.17, 15) is 4.79 Å². The first-order valence-corrected chi connectivity index (χ1v) is 6.69. The van der Waals surface area contributed by atoms with Gasteiger partial charge in [0.15, 0.2) is 0 Å². The summed E-state index contributed by atoms with van der Waals surface area (Å²) in [5.74, 6) is 0.218. The van der Waals surface area contributed by atoms with E-state index in [1.54, 1.807) is 6.20 Å². The van der Waals surface area contributed by atoms with Crippen LogP contribution in [0.2, 0.25) is 0 Å². The van der Waals surface area contributed by atoms with Crippen molar-refractivity contribution in [1.82, 2.24) is 20.4 Å². The number of hydrogen-bond acceptors (Lipinski definition) is 3. The summed E-state index contributed by atoms with van der Waals surface area (Å²) in [7, 11) is 0. The van der Waals surface area contributed by atoms with Crippen molar-refractivity contribution in [2.24, 2.45) is 0 Å². The molecule has 0 spiro atoms. The van der Waals surface area contributed by atoms with E-state index in [0.29, 0.717) is 6.54 Å². The van der Waals surface area contributed by atoms with Crippen molar-refractivity contribution in [2.75, 3.05) is 13.1 Å². The number of carbonyl (C=O) groups excluding carboxylic acids is 1. The number of H-pyrrole nitrogens is 1. The van der Waals surface area contributed by atoms with Crippen LogP contribution in [0.15, 0.2) is 6.20 Å². The number of likely N-dealkylation sites (tertiary alicyclic amines) is 1. The molecule has 1 fully saturated rings. The molecule has 18 heavy (non-hydrogen) atoms. The maximum absolute atomic E-state index is 12.2. The summed E-state index contributed by atoms with van der Waals surface area (Å²) in [4.78, 5) is 14.2. The molecule has 1 amide bonds. The van der Waals surface area contributed by atoms with Crippen molar-refractivity contribution < 1.29 is 4.79 Å². The number of nitrogens with one attached hydrogen (secondary N) is 2. The zero-order valence-electron chi connectivity index (χ0n) is 11.2. The molecule has 0 unspecified atom stereocenters. The quantitative estimate of drug-likeness (QED) is 0.844. The van der Waals surface area contributed by atoms with Crippen molar-refractivity contribution in [3.63, 3.8) is 0 Å². The Kier molecular flexibility index (Phi) is 4.36. The molecule has 1 aromatic rings. The van der Waals surface area contributed by atoms with E-state index in [0.717, 1.165) is 37.2 Å². The van der Waals surface area contributed by atoms with Gasteiger partial charge in [0.05, 0.1) is 12.2 Å². The minimum absolute atomic E-state index is 0.127. The second kappa shape index (κ2) is 6.00. The zero-order valence-corrected chi connectivity index (χ0v) is 11.2. The van der Waals surface area contributed by atoms with Crippen LogP contribution in [-0.2, 0) is 11.3 Å². The van der Waals surface area contributed by atoms with Crippen LogP contribution in [0, 0.1) is 6.92 Å². The van der Waals surface area contributed by atoms with Crippen LogP contribution in [0.4, 0.5) is 0 Å². The maximum atomic E-state index is 12.2. The molecule has 1 aromatic heterocycles. The molecule has 5 nitrogen and oxygen atoms in total. The van der Waals surface area contributed by atoms with Crippen LogP contribution >= 0.6 is 0 Å². The third kappa shape index (κ3) is 3.10. The molecular weight excluding hydrogens is 228 g/mol. The molecule has 0 aromatic carbocycles. The van der Waals surface area contributed by atoms with Crippen LogP contribution < -0.4 is 5.32 Å². The number of aromatic nitrogens is 2. The van der Waals surface area contributed by atoms with Crippen molar-refractivity contribution in [2.45, 2.75) is 45.7 Å². The Labute approximate surface area is 108 Å². The van der Waals surface area contributed by atoms with Gasteiger partial charge >= 0.3 is 0 Å². The highest BCUT2D eigenvalue weighted by atomic mass is 16.2. The fourth-order valence-electron chi connectivity index (χ4n) is 2.29. The Morgan fingerprint density at radius 2 is 2.22 bits per heavy atom. The summed E-state index contributed by atoms with van der Waals surface area (Å²) in [6.07, 6.45) is 5.33.